The predicted molar refractivity (Wildman–Crippen MR) is 97.4 cm³/mol. The Morgan fingerprint density at radius 3 is 2.88 bits per heavy atom. The van der Waals surface area contributed by atoms with E-state index in [1.807, 2.05) is 44.3 Å². The van der Waals surface area contributed by atoms with E-state index >= 15 is 0 Å². The highest BCUT2D eigenvalue weighted by Gasteiger charge is 2.13. The van der Waals surface area contributed by atoms with Crippen LogP contribution in [0.2, 0.25) is 0 Å². The average molecular weight is 347 g/mol. The zero-order valence-electron chi connectivity index (χ0n) is 14.4. The van der Waals surface area contributed by atoms with Crippen LogP contribution in [0.4, 0.5) is 0 Å². The molecular formula is C19H17N5O2. The van der Waals surface area contributed by atoms with Crippen LogP contribution in [0.3, 0.4) is 0 Å². The first-order chi connectivity index (χ1) is 12.6. The standard InChI is InChI=1S/C19H17N5O2/c1-13(14-5-6-17-15(10-14)4-3-8-20-17)26-19-18(25)7-9-24(22-19)16-11-21-23(2)12-16/h3-13H,1-2H3. The van der Waals surface area contributed by atoms with Crippen molar-refractivity contribution in [1.29, 1.82) is 0 Å². The number of pyridine rings is 1. The molecule has 26 heavy (non-hydrogen) atoms. The molecule has 0 aliphatic heterocycles. The molecule has 0 spiro atoms. The van der Waals surface area contributed by atoms with Gasteiger partial charge in [0.2, 0.25) is 5.43 Å². The number of benzene rings is 1. The topological polar surface area (TPSA) is 74.8 Å². The van der Waals surface area contributed by atoms with E-state index in [0.29, 0.717) is 0 Å². The van der Waals surface area contributed by atoms with Crippen LogP contribution in [0.1, 0.15) is 18.6 Å². The Hall–Kier alpha value is -3.48. The summed E-state index contributed by atoms with van der Waals surface area (Å²) in [5, 5.41) is 9.44. The monoisotopic (exact) mass is 347 g/mol. The molecule has 0 saturated carbocycles. The Labute approximate surface area is 149 Å². The van der Waals surface area contributed by atoms with Crippen molar-refractivity contribution in [2.45, 2.75) is 13.0 Å². The number of hydrogen-bond acceptors (Lipinski definition) is 5. The van der Waals surface area contributed by atoms with E-state index in [4.69, 9.17) is 4.74 Å². The average Bonchev–Trinajstić information content (AvgIpc) is 3.09. The van der Waals surface area contributed by atoms with Gasteiger partial charge in [0.25, 0.3) is 5.88 Å². The van der Waals surface area contributed by atoms with Crippen molar-refractivity contribution < 1.29 is 4.74 Å². The highest BCUT2D eigenvalue weighted by Crippen LogP contribution is 2.22. The van der Waals surface area contributed by atoms with Crippen LogP contribution >= 0.6 is 0 Å². The molecule has 1 unspecified atom stereocenters. The van der Waals surface area contributed by atoms with Gasteiger partial charge in [-0.2, -0.15) is 5.10 Å². The van der Waals surface area contributed by atoms with Gasteiger partial charge in [-0.25, -0.2) is 4.68 Å². The Bertz CT molecular complexity index is 1130. The van der Waals surface area contributed by atoms with Gasteiger partial charge in [0.15, 0.2) is 0 Å². The smallest absolute Gasteiger partial charge is 0.280 e. The summed E-state index contributed by atoms with van der Waals surface area (Å²) in [7, 11) is 1.82. The lowest BCUT2D eigenvalue weighted by molar-refractivity contribution is 0.211. The predicted octanol–water partition coefficient (Wildman–Crippen LogP) is 2.65. The molecule has 0 N–H and O–H groups in total. The zero-order chi connectivity index (χ0) is 18.1. The third-order valence-electron chi connectivity index (χ3n) is 4.12. The second kappa shape index (κ2) is 6.44. The van der Waals surface area contributed by atoms with Gasteiger partial charge in [-0.15, -0.1) is 5.10 Å². The molecule has 7 heteroatoms. The van der Waals surface area contributed by atoms with E-state index in [-0.39, 0.29) is 17.4 Å². The van der Waals surface area contributed by atoms with E-state index in [2.05, 4.69) is 15.2 Å². The summed E-state index contributed by atoms with van der Waals surface area (Å²) in [6, 6.07) is 11.2. The normalized spacial score (nSPS) is 12.2. The molecule has 0 saturated heterocycles. The summed E-state index contributed by atoms with van der Waals surface area (Å²) in [5.74, 6) is 0.0511. The van der Waals surface area contributed by atoms with Gasteiger partial charge < -0.3 is 4.74 Å². The minimum atomic E-state index is -0.329. The maximum atomic E-state index is 12.2. The highest BCUT2D eigenvalue weighted by molar-refractivity contribution is 5.79. The number of nitrogens with zero attached hydrogens (tertiary/aromatic N) is 5. The van der Waals surface area contributed by atoms with Crippen LogP contribution < -0.4 is 10.2 Å². The first-order valence-corrected chi connectivity index (χ1v) is 8.20. The molecule has 0 amide bonds. The van der Waals surface area contributed by atoms with E-state index in [9.17, 15) is 4.79 Å². The highest BCUT2D eigenvalue weighted by atomic mass is 16.5. The number of hydrogen-bond donors (Lipinski definition) is 0. The van der Waals surface area contributed by atoms with E-state index < -0.39 is 0 Å². The van der Waals surface area contributed by atoms with Crippen molar-refractivity contribution in [1.82, 2.24) is 24.5 Å². The van der Waals surface area contributed by atoms with Gasteiger partial charge in [0.05, 0.1) is 17.9 Å². The summed E-state index contributed by atoms with van der Waals surface area (Å²) >= 11 is 0. The molecule has 0 aliphatic rings. The molecular weight excluding hydrogens is 330 g/mol. The van der Waals surface area contributed by atoms with Crippen molar-refractivity contribution >= 4 is 10.9 Å². The molecule has 4 aromatic rings. The second-order valence-corrected chi connectivity index (χ2v) is 6.02. The van der Waals surface area contributed by atoms with Crippen LogP contribution in [0.25, 0.3) is 16.6 Å². The quantitative estimate of drug-likeness (QED) is 0.567. The number of aryl methyl sites for hydroxylation is 1. The molecule has 4 rings (SSSR count). The van der Waals surface area contributed by atoms with Crippen LogP contribution in [0, 0.1) is 0 Å². The summed E-state index contributed by atoms with van der Waals surface area (Å²) in [4.78, 5) is 16.5. The van der Waals surface area contributed by atoms with E-state index in [1.54, 1.807) is 34.2 Å². The van der Waals surface area contributed by atoms with E-state index in [0.717, 1.165) is 22.2 Å². The van der Waals surface area contributed by atoms with Crippen LogP contribution in [0.15, 0.2) is 66.0 Å². The lowest BCUT2D eigenvalue weighted by atomic mass is 10.1. The zero-order valence-corrected chi connectivity index (χ0v) is 14.4. The Balaban J connectivity index is 1.64. The van der Waals surface area contributed by atoms with Gasteiger partial charge in [0.1, 0.15) is 11.8 Å². The number of rotatable bonds is 4. The molecule has 0 radical (unpaired) electrons. The maximum Gasteiger partial charge on any atom is 0.280 e. The van der Waals surface area contributed by atoms with Gasteiger partial charge in [-0.1, -0.05) is 12.1 Å². The third kappa shape index (κ3) is 3.06. The minimum Gasteiger partial charge on any atom is -0.466 e. The molecule has 0 bridgehead atoms. The van der Waals surface area contributed by atoms with Crippen molar-refractivity contribution in [3.63, 3.8) is 0 Å². The molecule has 1 atom stereocenters. The van der Waals surface area contributed by atoms with Gasteiger partial charge in [-0.3, -0.25) is 14.5 Å². The number of fused-ring (bicyclic) bond motifs is 1. The maximum absolute atomic E-state index is 12.2. The number of ether oxygens (including phenoxy) is 1. The fourth-order valence-electron chi connectivity index (χ4n) is 2.72. The summed E-state index contributed by atoms with van der Waals surface area (Å²) in [6.07, 6.45) is 6.50. The van der Waals surface area contributed by atoms with Gasteiger partial charge >= 0.3 is 0 Å². The SMILES string of the molecule is CC(Oc1nn(-c2cnn(C)c2)ccc1=O)c1ccc2ncccc2c1. The van der Waals surface area contributed by atoms with Gasteiger partial charge in [0, 0.05) is 30.9 Å². The molecule has 3 heterocycles. The Morgan fingerprint density at radius 1 is 1.19 bits per heavy atom. The molecule has 3 aromatic heterocycles. The summed E-state index contributed by atoms with van der Waals surface area (Å²) in [5.41, 5.74) is 2.35. The lowest BCUT2D eigenvalue weighted by Crippen LogP contribution is -2.16. The minimum absolute atomic E-state index is 0.0511. The Morgan fingerprint density at radius 2 is 2.08 bits per heavy atom. The van der Waals surface area contributed by atoms with Crippen molar-refractivity contribution in [2.75, 3.05) is 0 Å². The lowest BCUT2D eigenvalue weighted by Gasteiger charge is -2.15. The molecule has 130 valence electrons. The first-order valence-electron chi connectivity index (χ1n) is 8.20. The van der Waals surface area contributed by atoms with Gasteiger partial charge in [-0.05, 0) is 30.7 Å². The second-order valence-electron chi connectivity index (χ2n) is 6.02. The molecule has 1 aromatic carbocycles. The fraction of sp³-hybridized carbons (Fsp3) is 0.158. The van der Waals surface area contributed by atoms with Crippen molar-refractivity contribution in [2.24, 2.45) is 7.05 Å². The van der Waals surface area contributed by atoms with E-state index in [1.165, 1.54) is 6.07 Å². The largest absolute Gasteiger partial charge is 0.466 e. The molecule has 0 aliphatic carbocycles. The first kappa shape index (κ1) is 16.0. The third-order valence-corrected chi connectivity index (χ3v) is 4.12. The number of aromatic nitrogens is 5. The molecule has 7 nitrogen and oxygen atoms in total. The molecule has 0 fully saturated rings. The van der Waals surface area contributed by atoms with Crippen molar-refractivity contribution in [3.05, 3.63) is 77.0 Å². The fourth-order valence-corrected chi connectivity index (χ4v) is 2.72. The Kier molecular flexibility index (Phi) is 3.96. The van der Waals surface area contributed by atoms with Crippen molar-refractivity contribution in [3.8, 4) is 11.6 Å². The summed E-state index contributed by atoms with van der Waals surface area (Å²) in [6.45, 7) is 1.89. The van der Waals surface area contributed by atoms with Crippen LogP contribution in [-0.4, -0.2) is 24.5 Å². The van der Waals surface area contributed by atoms with Crippen LogP contribution in [0.5, 0.6) is 5.88 Å². The summed E-state index contributed by atoms with van der Waals surface area (Å²) < 4.78 is 9.10. The van der Waals surface area contributed by atoms with Crippen LogP contribution in [-0.2, 0) is 7.05 Å².